The van der Waals surface area contributed by atoms with Gasteiger partial charge in [-0.15, -0.1) is 0 Å². The molecule has 0 aliphatic carbocycles. The van der Waals surface area contributed by atoms with E-state index in [2.05, 4.69) is 33.1 Å². The monoisotopic (exact) mass is 477 g/mol. The van der Waals surface area contributed by atoms with Gasteiger partial charge in [-0.05, 0) is 46.7 Å². The molecule has 6 atom stereocenters. The SMILES string of the molecule is CCC(CC)OC1OC(C(C)OCC[N+](C)(C)CCN(C)C)C(C(O)(CC)CC)C(O)C1O. The summed E-state index contributed by atoms with van der Waals surface area (Å²) in [6.07, 6.45) is -1.97. The normalized spacial score (nSPS) is 28.0. The van der Waals surface area contributed by atoms with Crippen molar-refractivity contribution in [1.29, 1.82) is 0 Å². The van der Waals surface area contributed by atoms with Crippen LogP contribution in [0.1, 0.15) is 60.3 Å². The largest absolute Gasteiger partial charge is 0.390 e. The lowest BCUT2D eigenvalue weighted by Crippen LogP contribution is -2.65. The molecule has 198 valence electrons. The zero-order valence-electron chi connectivity index (χ0n) is 22.7. The number of likely N-dealkylation sites (N-methyl/N-ethyl adjacent to an activating group) is 2. The minimum atomic E-state index is -1.23. The number of aliphatic hydroxyl groups excluding tert-OH is 2. The van der Waals surface area contributed by atoms with Gasteiger partial charge >= 0.3 is 0 Å². The van der Waals surface area contributed by atoms with Crippen molar-refractivity contribution in [2.24, 2.45) is 5.92 Å². The van der Waals surface area contributed by atoms with Crippen LogP contribution in [0.3, 0.4) is 0 Å². The molecule has 3 N–H and O–H groups in total. The quantitative estimate of drug-likeness (QED) is 0.310. The molecular formula is C25H53N2O6+. The maximum atomic E-state index is 11.3. The molecule has 1 fully saturated rings. The van der Waals surface area contributed by atoms with Crippen LogP contribution in [0.5, 0.6) is 0 Å². The van der Waals surface area contributed by atoms with Gasteiger partial charge in [0.05, 0.1) is 57.3 Å². The standard InChI is InChI=1S/C25H53N2O6/c1-10-19(11-2)32-24-22(29)21(28)20(25(30,12-3)13-4)23(33-24)18(5)31-17-16-27(8,9)15-14-26(6)7/h18-24,28-30H,10-17H2,1-9H3/q+1. The number of quaternary nitrogens is 1. The van der Waals surface area contributed by atoms with Gasteiger partial charge < -0.3 is 38.9 Å². The summed E-state index contributed by atoms with van der Waals surface area (Å²) in [5.41, 5.74) is -1.18. The summed E-state index contributed by atoms with van der Waals surface area (Å²) in [6.45, 7) is 13.1. The predicted molar refractivity (Wildman–Crippen MR) is 131 cm³/mol. The molecule has 1 heterocycles. The Hall–Kier alpha value is -0.320. The summed E-state index contributed by atoms with van der Waals surface area (Å²) >= 11 is 0. The molecule has 0 bridgehead atoms. The van der Waals surface area contributed by atoms with Crippen LogP contribution in [-0.4, -0.2) is 122 Å². The van der Waals surface area contributed by atoms with E-state index in [-0.39, 0.29) is 12.2 Å². The number of rotatable bonds is 15. The van der Waals surface area contributed by atoms with Gasteiger partial charge in [0.15, 0.2) is 6.29 Å². The van der Waals surface area contributed by atoms with Crippen LogP contribution in [0.25, 0.3) is 0 Å². The van der Waals surface area contributed by atoms with Crippen molar-refractivity contribution >= 4 is 0 Å². The van der Waals surface area contributed by atoms with E-state index in [0.29, 0.717) is 19.4 Å². The number of hydrogen-bond acceptors (Lipinski definition) is 7. The topological polar surface area (TPSA) is 91.6 Å². The molecule has 6 unspecified atom stereocenters. The van der Waals surface area contributed by atoms with E-state index in [9.17, 15) is 15.3 Å². The summed E-state index contributed by atoms with van der Waals surface area (Å²) in [5.74, 6) is -0.685. The fourth-order valence-corrected chi connectivity index (χ4v) is 4.58. The minimum absolute atomic E-state index is 0.0729. The van der Waals surface area contributed by atoms with Crippen molar-refractivity contribution in [3.63, 3.8) is 0 Å². The summed E-state index contributed by atoms with van der Waals surface area (Å²) in [7, 11) is 8.51. The second-order valence-electron chi connectivity index (χ2n) is 10.6. The van der Waals surface area contributed by atoms with Gasteiger partial charge in [0.25, 0.3) is 0 Å². The first-order chi connectivity index (χ1) is 15.4. The average molecular weight is 478 g/mol. The Morgan fingerprint density at radius 1 is 1.00 bits per heavy atom. The van der Waals surface area contributed by atoms with E-state index in [1.54, 1.807) is 0 Å². The van der Waals surface area contributed by atoms with Gasteiger partial charge in [-0.1, -0.05) is 27.7 Å². The van der Waals surface area contributed by atoms with Crippen molar-refractivity contribution in [2.45, 2.75) is 103 Å². The Morgan fingerprint density at radius 3 is 2.06 bits per heavy atom. The first kappa shape index (κ1) is 30.7. The third-order valence-corrected chi connectivity index (χ3v) is 7.42. The van der Waals surface area contributed by atoms with Crippen LogP contribution in [0.4, 0.5) is 0 Å². The molecule has 1 aliphatic heterocycles. The molecule has 0 aromatic rings. The van der Waals surface area contributed by atoms with E-state index in [0.717, 1.165) is 37.0 Å². The Bertz CT molecular complexity index is 539. The van der Waals surface area contributed by atoms with E-state index in [4.69, 9.17) is 14.2 Å². The summed E-state index contributed by atoms with van der Waals surface area (Å²) < 4.78 is 19.3. The highest BCUT2D eigenvalue weighted by atomic mass is 16.7. The molecule has 0 radical (unpaired) electrons. The van der Waals surface area contributed by atoms with E-state index >= 15 is 0 Å². The lowest BCUT2D eigenvalue weighted by atomic mass is 9.72. The number of ether oxygens (including phenoxy) is 3. The maximum absolute atomic E-state index is 11.3. The molecule has 8 nitrogen and oxygen atoms in total. The summed E-state index contributed by atoms with van der Waals surface area (Å²) in [5, 5.41) is 33.3. The zero-order valence-corrected chi connectivity index (χ0v) is 22.7. The van der Waals surface area contributed by atoms with Crippen LogP contribution >= 0.6 is 0 Å². The van der Waals surface area contributed by atoms with Gasteiger partial charge in [0.2, 0.25) is 0 Å². The van der Waals surface area contributed by atoms with E-state index in [1.165, 1.54) is 0 Å². The molecule has 33 heavy (non-hydrogen) atoms. The second kappa shape index (κ2) is 13.7. The smallest absolute Gasteiger partial charge is 0.186 e. The zero-order chi connectivity index (χ0) is 25.4. The van der Waals surface area contributed by atoms with Gasteiger partial charge in [-0.2, -0.15) is 0 Å². The lowest BCUT2D eigenvalue weighted by Gasteiger charge is -2.50. The number of nitrogens with zero attached hydrogens (tertiary/aromatic N) is 2. The molecule has 1 aliphatic rings. The van der Waals surface area contributed by atoms with Crippen LogP contribution in [0, 0.1) is 5.92 Å². The Labute approximate surface area is 202 Å². The number of hydrogen-bond donors (Lipinski definition) is 3. The molecule has 8 heteroatoms. The lowest BCUT2D eigenvalue weighted by molar-refractivity contribution is -0.890. The van der Waals surface area contributed by atoms with Crippen LogP contribution < -0.4 is 0 Å². The Balaban J connectivity index is 3.00. The first-order valence-corrected chi connectivity index (χ1v) is 12.8. The molecule has 0 saturated carbocycles. The fraction of sp³-hybridized carbons (Fsp3) is 1.00. The van der Waals surface area contributed by atoms with Gasteiger partial charge in [-0.25, -0.2) is 0 Å². The number of aliphatic hydroxyl groups is 3. The summed E-state index contributed by atoms with van der Waals surface area (Å²) in [6, 6.07) is 0. The molecule has 1 saturated heterocycles. The van der Waals surface area contributed by atoms with Crippen molar-refractivity contribution in [3.05, 3.63) is 0 Å². The maximum Gasteiger partial charge on any atom is 0.186 e. The van der Waals surface area contributed by atoms with Crippen LogP contribution in [-0.2, 0) is 14.2 Å². The van der Waals surface area contributed by atoms with Gasteiger partial charge in [-0.3, -0.25) is 0 Å². The second-order valence-corrected chi connectivity index (χ2v) is 10.6. The molecule has 0 aromatic heterocycles. The van der Waals surface area contributed by atoms with Gasteiger partial charge in [0, 0.05) is 12.5 Å². The molecule has 0 spiro atoms. The highest BCUT2D eigenvalue weighted by molar-refractivity contribution is 5.01. The Kier molecular flexibility index (Phi) is 12.7. The molecule has 0 aromatic carbocycles. The van der Waals surface area contributed by atoms with Crippen molar-refractivity contribution < 1.29 is 34.0 Å². The Morgan fingerprint density at radius 2 is 1.58 bits per heavy atom. The highest BCUT2D eigenvalue weighted by Crippen LogP contribution is 2.40. The van der Waals surface area contributed by atoms with Crippen molar-refractivity contribution in [1.82, 2.24) is 4.90 Å². The third-order valence-electron chi connectivity index (χ3n) is 7.42. The van der Waals surface area contributed by atoms with Gasteiger partial charge in [0.1, 0.15) is 12.6 Å². The third kappa shape index (κ3) is 8.69. The summed E-state index contributed by atoms with van der Waals surface area (Å²) in [4.78, 5) is 2.17. The molecular weight excluding hydrogens is 424 g/mol. The van der Waals surface area contributed by atoms with E-state index < -0.39 is 36.1 Å². The molecule has 1 rings (SSSR count). The van der Waals surface area contributed by atoms with Crippen molar-refractivity contribution in [2.75, 3.05) is 54.4 Å². The average Bonchev–Trinajstić information content (AvgIpc) is 2.77. The predicted octanol–water partition coefficient (Wildman–Crippen LogP) is 1.85. The van der Waals surface area contributed by atoms with Crippen LogP contribution in [0.15, 0.2) is 0 Å². The molecule has 0 amide bonds. The van der Waals surface area contributed by atoms with Crippen LogP contribution in [0.2, 0.25) is 0 Å². The van der Waals surface area contributed by atoms with Crippen molar-refractivity contribution in [3.8, 4) is 0 Å². The van der Waals surface area contributed by atoms with E-state index in [1.807, 2.05) is 34.6 Å². The fourth-order valence-electron chi connectivity index (χ4n) is 4.58. The minimum Gasteiger partial charge on any atom is -0.390 e. The first-order valence-electron chi connectivity index (χ1n) is 12.8. The highest BCUT2D eigenvalue weighted by Gasteiger charge is 2.54.